The fourth-order valence-electron chi connectivity index (χ4n) is 5.21. The Morgan fingerprint density at radius 1 is 1.00 bits per heavy atom. The molecular weight excluding hydrogens is 518 g/mol. The van der Waals surface area contributed by atoms with E-state index in [1.54, 1.807) is 16.6 Å². The molecule has 3 fully saturated rings. The van der Waals surface area contributed by atoms with Crippen molar-refractivity contribution >= 4 is 46.3 Å². The number of nitrogens with one attached hydrogen (secondary N) is 4. The molecule has 0 spiro atoms. The van der Waals surface area contributed by atoms with Crippen LogP contribution in [-0.2, 0) is 4.79 Å². The Labute approximate surface area is 231 Å². The van der Waals surface area contributed by atoms with E-state index in [-0.39, 0.29) is 29.9 Å². The van der Waals surface area contributed by atoms with Gasteiger partial charge in [-0.15, -0.1) is 5.10 Å². The van der Waals surface area contributed by atoms with E-state index in [1.165, 1.54) is 12.4 Å². The predicted molar refractivity (Wildman–Crippen MR) is 150 cm³/mol. The number of anilines is 3. The number of halogens is 1. The van der Waals surface area contributed by atoms with Crippen LogP contribution in [0.3, 0.4) is 0 Å². The molecule has 3 saturated carbocycles. The first-order chi connectivity index (χ1) is 18.9. The van der Waals surface area contributed by atoms with Crippen molar-refractivity contribution < 1.29 is 9.59 Å². The van der Waals surface area contributed by atoms with Gasteiger partial charge in [-0.05, 0) is 69.4 Å². The zero-order valence-electron chi connectivity index (χ0n) is 21.7. The number of hydrogen-bond donors (Lipinski definition) is 5. The molecule has 12 heteroatoms. The highest BCUT2D eigenvalue weighted by atomic mass is 35.5. The average Bonchev–Trinajstić information content (AvgIpc) is 3.83. The van der Waals surface area contributed by atoms with Crippen molar-refractivity contribution in [2.24, 2.45) is 11.7 Å². The second kappa shape index (κ2) is 11.0. The van der Waals surface area contributed by atoms with Crippen molar-refractivity contribution in [3.63, 3.8) is 0 Å². The number of fused-ring (bicyclic) bond motifs is 1. The second-order valence-electron chi connectivity index (χ2n) is 11.0. The molecule has 6 N–H and O–H groups in total. The summed E-state index contributed by atoms with van der Waals surface area (Å²) in [4.78, 5) is 34.0. The van der Waals surface area contributed by atoms with Crippen LogP contribution in [0.25, 0.3) is 5.65 Å². The number of amides is 2. The lowest BCUT2D eigenvalue weighted by Gasteiger charge is -2.30. The lowest BCUT2D eigenvalue weighted by atomic mass is 9.91. The van der Waals surface area contributed by atoms with Crippen LogP contribution in [-0.4, -0.2) is 55.6 Å². The summed E-state index contributed by atoms with van der Waals surface area (Å²) >= 11 is 5.97. The molecule has 3 heterocycles. The molecule has 3 aliphatic rings. The molecule has 2 amide bonds. The number of imidazole rings is 1. The summed E-state index contributed by atoms with van der Waals surface area (Å²) in [6.07, 6.45) is 11.6. The van der Waals surface area contributed by atoms with E-state index in [0.717, 1.165) is 57.1 Å². The minimum atomic E-state index is -0.343. The highest BCUT2D eigenvalue weighted by Gasteiger charge is 2.31. The van der Waals surface area contributed by atoms with E-state index in [1.807, 2.05) is 6.07 Å². The van der Waals surface area contributed by atoms with Crippen molar-refractivity contribution in [1.29, 1.82) is 0 Å². The van der Waals surface area contributed by atoms with Crippen molar-refractivity contribution in [3.8, 4) is 0 Å². The lowest BCUT2D eigenvalue weighted by molar-refractivity contribution is -0.122. The highest BCUT2D eigenvalue weighted by Crippen LogP contribution is 2.33. The van der Waals surface area contributed by atoms with Crippen molar-refractivity contribution in [2.75, 3.05) is 16.0 Å². The van der Waals surface area contributed by atoms with Gasteiger partial charge in [0.05, 0.1) is 11.9 Å². The summed E-state index contributed by atoms with van der Waals surface area (Å²) in [5, 5.41) is 18.1. The number of aromatic nitrogens is 4. The Hall–Kier alpha value is -3.44. The maximum Gasteiger partial charge on any atom is 0.276 e. The topological polar surface area (TPSA) is 151 Å². The quantitative estimate of drug-likeness (QED) is 0.240. The van der Waals surface area contributed by atoms with Crippen LogP contribution in [0.1, 0.15) is 68.3 Å². The van der Waals surface area contributed by atoms with Gasteiger partial charge in [-0.2, -0.15) is 0 Å². The van der Waals surface area contributed by atoms with Gasteiger partial charge in [0.25, 0.3) is 5.91 Å². The zero-order chi connectivity index (χ0) is 26.9. The molecule has 11 nitrogen and oxygen atoms in total. The summed E-state index contributed by atoms with van der Waals surface area (Å²) in [6.45, 7) is 0. The van der Waals surface area contributed by atoms with Crippen molar-refractivity contribution in [1.82, 2.24) is 24.9 Å². The second-order valence-corrected chi connectivity index (χ2v) is 11.4. The number of nitrogens with two attached hydrogens (primary N) is 1. The SMILES string of the molecule is NC(CC(=O)NC1CCC(Nc2cc(NC3CC3)c3ncc(C(=O)Nc4ccnc(Cl)c4)n3n2)CC1)C1CC1. The van der Waals surface area contributed by atoms with E-state index < -0.39 is 0 Å². The minimum Gasteiger partial charge on any atom is -0.379 e. The third kappa shape index (κ3) is 6.42. The molecule has 1 atom stereocenters. The number of hydrogen-bond acceptors (Lipinski definition) is 8. The summed E-state index contributed by atoms with van der Waals surface area (Å²) in [6, 6.07) is 6.01. The minimum absolute atomic E-state index is 0.0138. The van der Waals surface area contributed by atoms with Crippen LogP contribution in [0, 0.1) is 5.92 Å². The molecular formula is C27H34ClN9O2. The van der Waals surface area contributed by atoms with Gasteiger partial charge in [-0.25, -0.2) is 14.5 Å². The normalized spacial score (nSPS) is 21.8. The van der Waals surface area contributed by atoms with Crippen LogP contribution >= 0.6 is 11.6 Å². The van der Waals surface area contributed by atoms with E-state index in [4.69, 9.17) is 22.4 Å². The van der Waals surface area contributed by atoms with E-state index in [2.05, 4.69) is 31.2 Å². The molecule has 39 heavy (non-hydrogen) atoms. The van der Waals surface area contributed by atoms with Crippen LogP contribution in [0.5, 0.6) is 0 Å². The standard InChI is InChI=1S/C27H34ClN9O2/c28-23-11-19(9-10-30-23)35-27(39)22-14-31-26-21(32-16-3-4-16)13-24(36-37(22)26)33-17-5-7-18(8-6-17)34-25(38)12-20(29)15-1-2-15/h9-11,13-18,20,32H,1-8,12,29H2,(H,33,36)(H,34,38)(H,30,35,39). The monoisotopic (exact) mass is 551 g/mol. The fourth-order valence-corrected chi connectivity index (χ4v) is 5.38. The van der Waals surface area contributed by atoms with Gasteiger partial charge in [0.1, 0.15) is 11.0 Å². The molecule has 3 aromatic rings. The summed E-state index contributed by atoms with van der Waals surface area (Å²) < 4.78 is 1.58. The lowest BCUT2D eigenvalue weighted by Crippen LogP contribution is -2.42. The Balaban J connectivity index is 1.13. The maximum atomic E-state index is 13.1. The maximum absolute atomic E-state index is 13.1. The molecule has 0 aromatic carbocycles. The molecule has 0 saturated heterocycles. The highest BCUT2D eigenvalue weighted by molar-refractivity contribution is 6.29. The average molecular weight is 552 g/mol. The Bertz CT molecular complexity index is 1360. The summed E-state index contributed by atoms with van der Waals surface area (Å²) in [5.41, 5.74) is 8.42. The molecule has 0 bridgehead atoms. The van der Waals surface area contributed by atoms with E-state index in [0.29, 0.717) is 46.4 Å². The largest absolute Gasteiger partial charge is 0.379 e. The van der Waals surface area contributed by atoms with Crippen LogP contribution in [0.2, 0.25) is 5.15 Å². The Kier molecular flexibility index (Phi) is 7.26. The Morgan fingerprint density at radius 3 is 2.44 bits per heavy atom. The summed E-state index contributed by atoms with van der Waals surface area (Å²) in [7, 11) is 0. The van der Waals surface area contributed by atoms with E-state index in [9.17, 15) is 9.59 Å². The molecule has 3 aromatic heterocycles. The third-order valence-electron chi connectivity index (χ3n) is 7.71. The Morgan fingerprint density at radius 2 is 1.72 bits per heavy atom. The predicted octanol–water partition coefficient (Wildman–Crippen LogP) is 3.57. The number of rotatable bonds is 10. The van der Waals surface area contributed by atoms with Gasteiger partial charge in [0.15, 0.2) is 11.3 Å². The molecule has 0 aliphatic heterocycles. The number of carbonyl (C=O) groups excluding carboxylic acids is 2. The smallest absolute Gasteiger partial charge is 0.276 e. The number of carbonyl (C=O) groups is 2. The molecule has 3 aliphatic carbocycles. The molecule has 0 radical (unpaired) electrons. The number of pyridine rings is 1. The summed E-state index contributed by atoms with van der Waals surface area (Å²) in [5.74, 6) is 0.918. The van der Waals surface area contributed by atoms with Gasteiger partial charge < -0.3 is 27.0 Å². The fraction of sp³-hybridized carbons (Fsp3) is 0.519. The number of nitrogens with zero attached hydrogens (tertiary/aromatic N) is 4. The first-order valence-electron chi connectivity index (χ1n) is 13.8. The van der Waals surface area contributed by atoms with Gasteiger partial charge in [-0.1, -0.05) is 11.6 Å². The van der Waals surface area contributed by atoms with E-state index >= 15 is 0 Å². The van der Waals surface area contributed by atoms with Crippen molar-refractivity contribution in [2.45, 2.75) is 82.0 Å². The van der Waals surface area contributed by atoms with Gasteiger partial charge >= 0.3 is 0 Å². The first kappa shape index (κ1) is 25.8. The van der Waals surface area contributed by atoms with Gasteiger partial charge in [0, 0.05) is 48.5 Å². The third-order valence-corrected chi connectivity index (χ3v) is 7.92. The van der Waals surface area contributed by atoms with Crippen molar-refractivity contribution in [3.05, 3.63) is 41.4 Å². The van der Waals surface area contributed by atoms with Crippen LogP contribution in [0.4, 0.5) is 17.2 Å². The first-order valence-corrected chi connectivity index (χ1v) is 14.2. The molecule has 1 unspecified atom stereocenters. The molecule has 6 rings (SSSR count). The van der Waals surface area contributed by atoms with Crippen LogP contribution < -0.4 is 27.0 Å². The van der Waals surface area contributed by atoms with Gasteiger partial charge in [0.2, 0.25) is 5.91 Å². The van der Waals surface area contributed by atoms with Gasteiger partial charge in [-0.3, -0.25) is 9.59 Å². The zero-order valence-corrected chi connectivity index (χ0v) is 22.5. The molecule has 206 valence electrons. The van der Waals surface area contributed by atoms with Crippen LogP contribution in [0.15, 0.2) is 30.6 Å².